The number of benzene rings is 3. The monoisotopic (exact) mass is 530 g/mol. The number of carbonyl (C=O) groups excluding carboxylic acids is 2. The third-order valence-corrected chi connectivity index (χ3v) is 6.34. The summed E-state index contributed by atoms with van der Waals surface area (Å²) in [5.74, 6) is 0.810. The van der Waals surface area contributed by atoms with Crippen LogP contribution < -0.4 is 14.8 Å². The van der Waals surface area contributed by atoms with E-state index >= 15 is 0 Å². The lowest BCUT2D eigenvalue weighted by Gasteiger charge is -2.33. The van der Waals surface area contributed by atoms with E-state index in [0.29, 0.717) is 17.9 Å². The number of hydrogen-bond donors (Lipinski definition) is 1. The number of nitrogens with zero attached hydrogens (tertiary/aromatic N) is 1. The summed E-state index contributed by atoms with van der Waals surface area (Å²) in [5.41, 5.74) is 2.57. The maximum atomic E-state index is 13.8. The molecule has 0 saturated heterocycles. The molecule has 1 unspecified atom stereocenters. The van der Waals surface area contributed by atoms with Crippen molar-refractivity contribution in [3.8, 4) is 11.5 Å². The van der Waals surface area contributed by atoms with Crippen molar-refractivity contribution in [2.24, 2.45) is 0 Å². The fraction of sp³-hybridized carbons (Fsp3) is 0.394. The molecule has 3 rings (SSSR count). The molecule has 0 aliphatic heterocycles. The summed E-state index contributed by atoms with van der Waals surface area (Å²) in [6.45, 7) is 12.3. The first-order valence-electron chi connectivity index (χ1n) is 13.4. The predicted molar refractivity (Wildman–Crippen MR) is 156 cm³/mol. The Morgan fingerprint density at radius 2 is 1.46 bits per heavy atom. The summed E-state index contributed by atoms with van der Waals surface area (Å²) in [5, 5.41) is 3.08. The molecule has 0 spiro atoms. The van der Waals surface area contributed by atoms with Gasteiger partial charge in [0.1, 0.15) is 17.5 Å². The molecule has 208 valence electrons. The number of nitrogens with one attached hydrogen (secondary N) is 1. The topological polar surface area (TPSA) is 67.9 Å². The summed E-state index contributed by atoms with van der Waals surface area (Å²) in [7, 11) is 1.61. The van der Waals surface area contributed by atoms with Gasteiger partial charge in [-0.15, -0.1) is 0 Å². The van der Waals surface area contributed by atoms with Crippen LogP contribution in [-0.2, 0) is 28.0 Å². The molecule has 39 heavy (non-hydrogen) atoms. The summed E-state index contributed by atoms with van der Waals surface area (Å²) in [6.07, 6.45) is 0.374. The second-order valence-electron chi connectivity index (χ2n) is 11.9. The zero-order valence-electron chi connectivity index (χ0n) is 24.3. The van der Waals surface area contributed by atoms with Gasteiger partial charge in [-0.1, -0.05) is 75.4 Å². The van der Waals surface area contributed by atoms with E-state index in [-0.39, 0.29) is 30.4 Å². The van der Waals surface area contributed by atoms with Crippen molar-refractivity contribution in [2.75, 3.05) is 13.7 Å². The minimum absolute atomic E-state index is 0.0208. The fourth-order valence-electron chi connectivity index (χ4n) is 4.25. The number of rotatable bonds is 10. The highest BCUT2D eigenvalue weighted by molar-refractivity contribution is 5.89. The lowest BCUT2D eigenvalue weighted by atomic mass is 9.87. The standard InChI is InChI=1S/C33H42N2O4/c1-32(2,3)26-16-18-27(19-17-26)39-23-30(36)35(22-25-14-11-15-28(20-25)38-7)29(31(37)34-33(4,5)6)21-24-12-9-8-10-13-24/h8-20,29H,21-23H2,1-7H3,(H,34,37). The van der Waals surface area contributed by atoms with Gasteiger partial charge in [-0.3, -0.25) is 9.59 Å². The van der Waals surface area contributed by atoms with E-state index in [4.69, 9.17) is 9.47 Å². The Morgan fingerprint density at radius 1 is 0.821 bits per heavy atom. The lowest BCUT2D eigenvalue weighted by molar-refractivity contribution is -0.143. The van der Waals surface area contributed by atoms with Crippen LogP contribution in [0.25, 0.3) is 0 Å². The molecular formula is C33H42N2O4. The smallest absolute Gasteiger partial charge is 0.261 e. The van der Waals surface area contributed by atoms with Crippen LogP contribution in [0.1, 0.15) is 58.2 Å². The maximum absolute atomic E-state index is 13.8. The highest BCUT2D eigenvalue weighted by Gasteiger charge is 2.32. The average molecular weight is 531 g/mol. The summed E-state index contributed by atoms with van der Waals surface area (Å²) < 4.78 is 11.3. The Kier molecular flexibility index (Phi) is 9.79. The largest absolute Gasteiger partial charge is 0.497 e. The molecule has 0 bridgehead atoms. The van der Waals surface area contributed by atoms with Gasteiger partial charge in [-0.25, -0.2) is 0 Å². The third kappa shape index (κ3) is 9.17. The van der Waals surface area contributed by atoms with Gasteiger partial charge in [0.15, 0.2) is 6.61 Å². The first-order valence-corrected chi connectivity index (χ1v) is 13.4. The van der Waals surface area contributed by atoms with Crippen LogP contribution in [0.2, 0.25) is 0 Å². The molecule has 0 saturated carbocycles. The average Bonchev–Trinajstić information content (AvgIpc) is 2.88. The van der Waals surface area contributed by atoms with E-state index < -0.39 is 11.6 Å². The van der Waals surface area contributed by atoms with Crippen LogP contribution in [0.4, 0.5) is 0 Å². The van der Waals surface area contributed by atoms with Crippen molar-refractivity contribution in [1.82, 2.24) is 10.2 Å². The molecule has 1 N–H and O–H groups in total. The number of hydrogen-bond acceptors (Lipinski definition) is 4. The van der Waals surface area contributed by atoms with Gasteiger partial charge < -0.3 is 19.7 Å². The molecule has 3 aromatic rings. The second kappa shape index (κ2) is 12.8. The number of amides is 2. The first kappa shape index (κ1) is 29.8. The summed E-state index contributed by atoms with van der Waals surface area (Å²) in [6, 6.07) is 24.4. The first-order chi connectivity index (χ1) is 18.4. The highest BCUT2D eigenvalue weighted by atomic mass is 16.5. The number of ether oxygens (including phenoxy) is 2. The minimum Gasteiger partial charge on any atom is -0.497 e. The van der Waals surface area contributed by atoms with E-state index in [9.17, 15) is 9.59 Å². The molecule has 1 atom stereocenters. The van der Waals surface area contributed by atoms with Gasteiger partial charge in [0.25, 0.3) is 5.91 Å². The van der Waals surface area contributed by atoms with Crippen molar-refractivity contribution in [1.29, 1.82) is 0 Å². The molecular weight excluding hydrogens is 488 g/mol. The van der Waals surface area contributed by atoms with E-state index in [1.165, 1.54) is 5.56 Å². The van der Waals surface area contributed by atoms with Crippen molar-refractivity contribution in [2.45, 2.75) is 71.5 Å². The molecule has 2 amide bonds. The van der Waals surface area contributed by atoms with Crippen molar-refractivity contribution >= 4 is 11.8 Å². The Labute approximate surface area is 233 Å². The fourth-order valence-corrected chi connectivity index (χ4v) is 4.25. The van der Waals surface area contributed by atoms with Crippen LogP contribution in [0.3, 0.4) is 0 Å². The molecule has 3 aromatic carbocycles. The Balaban J connectivity index is 1.92. The lowest BCUT2D eigenvalue weighted by Crippen LogP contribution is -2.55. The molecule has 0 aromatic heterocycles. The van der Waals surface area contributed by atoms with Gasteiger partial charge in [0, 0.05) is 18.5 Å². The van der Waals surface area contributed by atoms with Crippen LogP contribution in [-0.4, -0.2) is 42.0 Å². The van der Waals surface area contributed by atoms with Crippen molar-refractivity contribution in [3.05, 3.63) is 95.6 Å². The van der Waals surface area contributed by atoms with Crippen LogP contribution in [0, 0.1) is 0 Å². The Morgan fingerprint density at radius 3 is 2.05 bits per heavy atom. The van der Waals surface area contributed by atoms with Gasteiger partial charge >= 0.3 is 0 Å². The van der Waals surface area contributed by atoms with Gasteiger partial charge in [0.2, 0.25) is 5.91 Å². The zero-order chi connectivity index (χ0) is 28.6. The molecule has 0 fully saturated rings. The highest BCUT2D eigenvalue weighted by Crippen LogP contribution is 2.25. The summed E-state index contributed by atoms with van der Waals surface area (Å²) >= 11 is 0. The van der Waals surface area contributed by atoms with E-state index in [0.717, 1.165) is 11.1 Å². The van der Waals surface area contributed by atoms with Crippen molar-refractivity contribution in [3.63, 3.8) is 0 Å². The van der Waals surface area contributed by atoms with Gasteiger partial charge in [-0.05, 0) is 67.1 Å². The van der Waals surface area contributed by atoms with Crippen LogP contribution in [0.5, 0.6) is 11.5 Å². The van der Waals surface area contributed by atoms with E-state index in [1.807, 2.05) is 99.6 Å². The molecule has 0 heterocycles. The van der Waals surface area contributed by atoms with E-state index in [2.05, 4.69) is 26.1 Å². The SMILES string of the molecule is COc1cccc(CN(C(=O)COc2ccc(C(C)(C)C)cc2)C(Cc2ccccc2)C(=O)NC(C)(C)C)c1. The van der Waals surface area contributed by atoms with Gasteiger partial charge in [0.05, 0.1) is 7.11 Å². The van der Waals surface area contributed by atoms with Crippen LogP contribution in [0.15, 0.2) is 78.9 Å². The quantitative estimate of drug-likeness (QED) is 0.353. The molecule has 6 heteroatoms. The van der Waals surface area contributed by atoms with Crippen LogP contribution >= 0.6 is 0 Å². The predicted octanol–water partition coefficient (Wildman–Crippen LogP) is 5.93. The Hall–Kier alpha value is -3.80. The van der Waals surface area contributed by atoms with Gasteiger partial charge in [-0.2, -0.15) is 0 Å². The van der Waals surface area contributed by atoms with E-state index in [1.54, 1.807) is 12.0 Å². The number of methoxy groups -OCH3 is 1. The zero-order valence-corrected chi connectivity index (χ0v) is 24.3. The van der Waals surface area contributed by atoms with Crippen molar-refractivity contribution < 1.29 is 19.1 Å². The molecule has 6 nitrogen and oxygen atoms in total. The second-order valence-corrected chi connectivity index (χ2v) is 11.9. The molecule has 0 aliphatic carbocycles. The molecule has 0 radical (unpaired) electrons. The number of carbonyl (C=O) groups is 2. The summed E-state index contributed by atoms with van der Waals surface area (Å²) in [4.78, 5) is 29.1. The maximum Gasteiger partial charge on any atom is 0.261 e. The third-order valence-electron chi connectivity index (χ3n) is 6.34. The normalized spacial score (nSPS) is 12.4. The Bertz CT molecular complexity index is 1230. The molecule has 0 aliphatic rings. The minimum atomic E-state index is -0.739.